The smallest absolute Gasteiger partial charge is 0.162 e. The Bertz CT molecular complexity index is 564. The van der Waals surface area contributed by atoms with E-state index in [0.717, 1.165) is 24.0 Å². The Labute approximate surface area is 123 Å². The van der Waals surface area contributed by atoms with Crippen LogP contribution in [0.2, 0.25) is 10.0 Å². The van der Waals surface area contributed by atoms with Crippen LogP contribution in [0.15, 0.2) is 48.5 Å². The first-order valence-corrected chi connectivity index (χ1v) is 6.94. The normalized spacial score (nSPS) is 10.4. The van der Waals surface area contributed by atoms with Gasteiger partial charge in [0, 0.05) is 12.0 Å². The predicted octanol–water partition coefficient (Wildman–Crippen LogP) is 5.20. The van der Waals surface area contributed by atoms with Gasteiger partial charge in [-0.05, 0) is 30.5 Å². The number of halogens is 2. The average molecular weight is 293 g/mol. The largest absolute Gasteiger partial charge is 0.294 e. The number of rotatable bonds is 5. The maximum atomic E-state index is 11.9. The highest BCUT2D eigenvalue weighted by Crippen LogP contribution is 2.23. The quantitative estimate of drug-likeness (QED) is 0.692. The van der Waals surface area contributed by atoms with Gasteiger partial charge in [-0.1, -0.05) is 59.6 Å². The summed E-state index contributed by atoms with van der Waals surface area (Å²) in [7, 11) is 0. The summed E-state index contributed by atoms with van der Waals surface area (Å²) >= 11 is 11.8. The molecule has 0 saturated carbocycles. The lowest BCUT2D eigenvalue weighted by atomic mass is 10.0. The van der Waals surface area contributed by atoms with Crippen molar-refractivity contribution in [1.82, 2.24) is 0 Å². The first-order valence-electron chi connectivity index (χ1n) is 6.19. The zero-order valence-electron chi connectivity index (χ0n) is 10.4. The van der Waals surface area contributed by atoms with Crippen molar-refractivity contribution in [2.45, 2.75) is 19.3 Å². The third-order valence-electron chi connectivity index (χ3n) is 2.95. The van der Waals surface area contributed by atoms with Gasteiger partial charge in [0.25, 0.3) is 0 Å². The van der Waals surface area contributed by atoms with Crippen LogP contribution in [0.5, 0.6) is 0 Å². The number of ketones is 1. The molecule has 1 nitrogen and oxygen atoms in total. The molecule has 3 heteroatoms. The second-order valence-corrected chi connectivity index (χ2v) is 5.21. The van der Waals surface area contributed by atoms with E-state index < -0.39 is 0 Å². The van der Waals surface area contributed by atoms with Crippen LogP contribution in [-0.2, 0) is 6.42 Å². The lowest BCUT2D eigenvalue weighted by Crippen LogP contribution is -1.99. The van der Waals surface area contributed by atoms with Gasteiger partial charge in [-0.25, -0.2) is 0 Å². The van der Waals surface area contributed by atoms with Crippen molar-refractivity contribution >= 4 is 29.0 Å². The Morgan fingerprint density at radius 3 is 2.37 bits per heavy atom. The second kappa shape index (κ2) is 6.74. The third-order valence-corrected chi connectivity index (χ3v) is 3.69. The molecule has 0 fully saturated rings. The van der Waals surface area contributed by atoms with Crippen LogP contribution in [-0.4, -0.2) is 5.78 Å². The molecule has 2 aromatic carbocycles. The zero-order chi connectivity index (χ0) is 13.7. The van der Waals surface area contributed by atoms with E-state index >= 15 is 0 Å². The standard InChI is InChI=1S/C16H14Cl2O/c17-14-10-9-12(11-15(14)18)5-4-8-16(19)13-6-2-1-3-7-13/h1-3,6-7,9-11H,4-5,8H2. The summed E-state index contributed by atoms with van der Waals surface area (Å²) in [4.78, 5) is 11.9. The van der Waals surface area contributed by atoms with Crippen LogP contribution in [0.25, 0.3) is 0 Å². The van der Waals surface area contributed by atoms with E-state index in [1.807, 2.05) is 42.5 Å². The first kappa shape index (κ1) is 14.1. The predicted molar refractivity (Wildman–Crippen MR) is 80.2 cm³/mol. The molecule has 19 heavy (non-hydrogen) atoms. The van der Waals surface area contributed by atoms with Crippen molar-refractivity contribution in [3.8, 4) is 0 Å². The first-order chi connectivity index (χ1) is 9.16. The van der Waals surface area contributed by atoms with Crippen LogP contribution in [0.3, 0.4) is 0 Å². The van der Waals surface area contributed by atoms with E-state index in [1.54, 1.807) is 6.07 Å². The monoisotopic (exact) mass is 292 g/mol. The SMILES string of the molecule is O=C(CCCc1ccc(Cl)c(Cl)c1)c1ccccc1. The molecule has 0 aromatic heterocycles. The minimum absolute atomic E-state index is 0.181. The average Bonchev–Trinajstić information content (AvgIpc) is 2.43. The van der Waals surface area contributed by atoms with Crippen molar-refractivity contribution in [3.05, 3.63) is 69.7 Å². The Hall–Kier alpha value is -1.31. The number of carbonyl (C=O) groups is 1. The third kappa shape index (κ3) is 4.09. The second-order valence-electron chi connectivity index (χ2n) is 4.39. The molecule has 0 atom stereocenters. The van der Waals surface area contributed by atoms with Gasteiger partial charge >= 0.3 is 0 Å². The molecule has 0 N–H and O–H groups in total. The Balaban J connectivity index is 1.87. The fraction of sp³-hybridized carbons (Fsp3) is 0.188. The van der Waals surface area contributed by atoms with E-state index in [2.05, 4.69) is 0 Å². The molecule has 0 heterocycles. The maximum Gasteiger partial charge on any atom is 0.162 e. The highest BCUT2D eigenvalue weighted by molar-refractivity contribution is 6.42. The molecular formula is C16H14Cl2O. The lowest BCUT2D eigenvalue weighted by molar-refractivity contribution is 0.0980. The highest BCUT2D eigenvalue weighted by atomic mass is 35.5. The number of benzene rings is 2. The number of aryl methyl sites for hydroxylation is 1. The maximum absolute atomic E-state index is 11.9. The molecule has 2 aromatic rings. The van der Waals surface area contributed by atoms with Crippen LogP contribution in [0, 0.1) is 0 Å². The van der Waals surface area contributed by atoms with Gasteiger partial charge in [-0.15, -0.1) is 0 Å². The van der Waals surface area contributed by atoms with E-state index in [4.69, 9.17) is 23.2 Å². The minimum Gasteiger partial charge on any atom is -0.294 e. The molecule has 0 amide bonds. The van der Waals surface area contributed by atoms with Crippen molar-refractivity contribution in [3.63, 3.8) is 0 Å². The summed E-state index contributed by atoms with van der Waals surface area (Å²) in [5.41, 5.74) is 1.88. The molecular weight excluding hydrogens is 279 g/mol. The Kier molecular flexibility index (Phi) is 5.00. The van der Waals surface area contributed by atoms with E-state index in [-0.39, 0.29) is 5.78 Å². The summed E-state index contributed by atoms with van der Waals surface area (Å²) < 4.78 is 0. The highest BCUT2D eigenvalue weighted by Gasteiger charge is 2.05. The molecule has 0 radical (unpaired) electrons. The number of Topliss-reactive ketones (excluding diaryl/α,β-unsaturated/α-hetero) is 1. The minimum atomic E-state index is 0.181. The number of hydrogen-bond donors (Lipinski definition) is 0. The summed E-state index contributed by atoms with van der Waals surface area (Å²) in [6.45, 7) is 0. The molecule has 0 bridgehead atoms. The molecule has 2 rings (SSSR count). The summed E-state index contributed by atoms with van der Waals surface area (Å²) in [5, 5.41) is 1.12. The number of carbonyl (C=O) groups excluding carboxylic acids is 1. The van der Waals surface area contributed by atoms with E-state index in [9.17, 15) is 4.79 Å². The van der Waals surface area contributed by atoms with E-state index in [0.29, 0.717) is 16.5 Å². The lowest BCUT2D eigenvalue weighted by Gasteiger charge is -2.03. The van der Waals surface area contributed by atoms with Crippen molar-refractivity contribution in [1.29, 1.82) is 0 Å². The molecule has 0 saturated heterocycles. The molecule has 0 spiro atoms. The van der Waals surface area contributed by atoms with Crippen LogP contribution in [0.1, 0.15) is 28.8 Å². The Morgan fingerprint density at radius 1 is 0.947 bits per heavy atom. The number of hydrogen-bond acceptors (Lipinski definition) is 1. The van der Waals surface area contributed by atoms with Crippen molar-refractivity contribution in [2.75, 3.05) is 0 Å². The van der Waals surface area contributed by atoms with Gasteiger partial charge in [-0.3, -0.25) is 4.79 Å². The molecule has 0 aliphatic carbocycles. The summed E-state index contributed by atoms with van der Waals surface area (Å²) in [5.74, 6) is 0.181. The van der Waals surface area contributed by atoms with Gasteiger partial charge in [0.2, 0.25) is 0 Å². The molecule has 98 valence electrons. The fourth-order valence-corrected chi connectivity index (χ4v) is 2.24. The molecule has 0 aliphatic heterocycles. The Morgan fingerprint density at radius 2 is 1.68 bits per heavy atom. The summed E-state index contributed by atoms with van der Waals surface area (Å²) in [6.07, 6.45) is 2.19. The van der Waals surface area contributed by atoms with E-state index in [1.165, 1.54) is 0 Å². The van der Waals surface area contributed by atoms with Crippen LogP contribution in [0.4, 0.5) is 0 Å². The molecule has 0 unspecified atom stereocenters. The fourth-order valence-electron chi connectivity index (χ4n) is 1.92. The van der Waals surface area contributed by atoms with Crippen molar-refractivity contribution < 1.29 is 4.79 Å². The van der Waals surface area contributed by atoms with Crippen LogP contribution >= 0.6 is 23.2 Å². The van der Waals surface area contributed by atoms with Gasteiger partial charge in [0.15, 0.2) is 5.78 Å². The summed E-state index contributed by atoms with van der Waals surface area (Å²) in [6, 6.07) is 15.0. The van der Waals surface area contributed by atoms with Gasteiger partial charge in [0.05, 0.1) is 10.0 Å². The molecule has 0 aliphatic rings. The van der Waals surface area contributed by atoms with Crippen LogP contribution < -0.4 is 0 Å². The topological polar surface area (TPSA) is 17.1 Å². The van der Waals surface area contributed by atoms with Crippen molar-refractivity contribution in [2.24, 2.45) is 0 Å². The van der Waals surface area contributed by atoms with Gasteiger partial charge in [0.1, 0.15) is 0 Å². The van der Waals surface area contributed by atoms with Gasteiger partial charge in [-0.2, -0.15) is 0 Å². The zero-order valence-corrected chi connectivity index (χ0v) is 11.9. The van der Waals surface area contributed by atoms with Gasteiger partial charge < -0.3 is 0 Å².